The molecule has 4 heteroatoms. The lowest BCUT2D eigenvalue weighted by Gasteiger charge is -2.28. The van der Waals surface area contributed by atoms with Gasteiger partial charge >= 0.3 is 0 Å². The van der Waals surface area contributed by atoms with E-state index in [1.807, 2.05) is 0 Å². The standard InChI is InChI=1S/C13H25N3O/c1-2-16(9-11-5-7-14-8-6-11)10-13(17)15-12-3-4-12/h11-12,14H,2-10H2,1H3,(H,15,17). The van der Waals surface area contributed by atoms with Gasteiger partial charge in [-0.25, -0.2) is 0 Å². The van der Waals surface area contributed by atoms with Crippen LogP contribution in [0.2, 0.25) is 0 Å². The number of rotatable bonds is 6. The van der Waals surface area contributed by atoms with E-state index in [9.17, 15) is 4.79 Å². The Morgan fingerprint density at radius 1 is 1.29 bits per heavy atom. The molecule has 0 atom stereocenters. The Kier molecular flexibility index (Phi) is 4.80. The van der Waals surface area contributed by atoms with Gasteiger partial charge in [-0.15, -0.1) is 0 Å². The zero-order valence-corrected chi connectivity index (χ0v) is 10.9. The number of likely N-dealkylation sites (N-methyl/N-ethyl adjacent to an activating group) is 1. The van der Waals surface area contributed by atoms with Crippen molar-refractivity contribution in [1.82, 2.24) is 15.5 Å². The molecule has 2 N–H and O–H groups in total. The molecule has 2 rings (SSSR count). The second-order valence-electron chi connectivity index (χ2n) is 5.36. The van der Waals surface area contributed by atoms with Gasteiger partial charge in [0.15, 0.2) is 0 Å². The Hall–Kier alpha value is -0.610. The van der Waals surface area contributed by atoms with E-state index in [0.717, 1.165) is 32.1 Å². The molecule has 0 aromatic heterocycles. The summed E-state index contributed by atoms with van der Waals surface area (Å²) in [4.78, 5) is 14.0. The van der Waals surface area contributed by atoms with Gasteiger partial charge in [0.1, 0.15) is 0 Å². The molecular weight excluding hydrogens is 214 g/mol. The van der Waals surface area contributed by atoms with Crippen molar-refractivity contribution in [1.29, 1.82) is 0 Å². The Bertz CT molecular complexity index is 247. The first-order chi connectivity index (χ1) is 8.28. The van der Waals surface area contributed by atoms with Crippen LogP contribution in [-0.2, 0) is 4.79 Å². The van der Waals surface area contributed by atoms with Gasteiger partial charge in [0.05, 0.1) is 6.54 Å². The number of hydrogen-bond donors (Lipinski definition) is 2. The summed E-state index contributed by atoms with van der Waals surface area (Å²) in [6.45, 7) is 7.05. The van der Waals surface area contributed by atoms with Gasteiger partial charge < -0.3 is 10.6 Å². The van der Waals surface area contributed by atoms with Crippen molar-refractivity contribution in [2.45, 2.75) is 38.6 Å². The van der Waals surface area contributed by atoms with E-state index < -0.39 is 0 Å². The minimum Gasteiger partial charge on any atom is -0.352 e. The molecule has 2 aliphatic rings. The SMILES string of the molecule is CCN(CC(=O)NC1CC1)CC1CCNCC1. The molecule has 0 radical (unpaired) electrons. The molecule has 98 valence electrons. The minimum atomic E-state index is 0.211. The predicted molar refractivity (Wildman–Crippen MR) is 68.9 cm³/mol. The van der Waals surface area contributed by atoms with E-state index in [2.05, 4.69) is 22.5 Å². The summed E-state index contributed by atoms with van der Waals surface area (Å²) in [5.74, 6) is 0.980. The second-order valence-corrected chi connectivity index (χ2v) is 5.36. The monoisotopic (exact) mass is 239 g/mol. The number of nitrogens with zero attached hydrogens (tertiary/aromatic N) is 1. The van der Waals surface area contributed by atoms with Crippen LogP contribution in [0.15, 0.2) is 0 Å². The first-order valence-corrected chi connectivity index (χ1v) is 7.00. The molecular formula is C13H25N3O. The van der Waals surface area contributed by atoms with Crippen LogP contribution >= 0.6 is 0 Å². The van der Waals surface area contributed by atoms with Gasteiger partial charge in [-0.2, -0.15) is 0 Å². The molecule has 1 aliphatic carbocycles. The summed E-state index contributed by atoms with van der Waals surface area (Å²) in [6.07, 6.45) is 4.85. The van der Waals surface area contributed by atoms with Gasteiger partial charge in [0, 0.05) is 12.6 Å². The molecule has 0 aromatic rings. The first kappa shape index (κ1) is 12.8. The number of amides is 1. The molecule has 1 saturated carbocycles. The van der Waals surface area contributed by atoms with Crippen molar-refractivity contribution in [2.75, 3.05) is 32.7 Å². The van der Waals surface area contributed by atoms with Crippen LogP contribution in [0.1, 0.15) is 32.6 Å². The van der Waals surface area contributed by atoms with Crippen molar-refractivity contribution in [3.8, 4) is 0 Å². The lowest BCUT2D eigenvalue weighted by molar-refractivity contribution is -0.122. The van der Waals surface area contributed by atoms with Crippen molar-refractivity contribution in [3.05, 3.63) is 0 Å². The van der Waals surface area contributed by atoms with Crippen LogP contribution in [0, 0.1) is 5.92 Å². The lowest BCUT2D eigenvalue weighted by Crippen LogP contribution is -2.42. The fraction of sp³-hybridized carbons (Fsp3) is 0.923. The summed E-state index contributed by atoms with van der Waals surface area (Å²) < 4.78 is 0. The highest BCUT2D eigenvalue weighted by Gasteiger charge is 2.24. The average molecular weight is 239 g/mol. The van der Waals surface area contributed by atoms with Crippen molar-refractivity contribution < 1.29 is 4.79 Å². The minimum absolute atomic E-state index is 0.211. The van der Waals surface area contributed by atoms with Crippen LogP contribution in [0.4, 0.5) is 0 Å². The molecule has 1 heterocycles. The average Bonchev–Trinajstić information content (AvgIpc) is 3.13. The van der Waals surface area contributed by atoms with E-state index in [-0.39, 0.29) is 5.91 Å². The van der Waals surface area contributed by atoms with Gasteiger partial charge in [0.2, 0.25) is 5.91 Å². The third kappa shape index (κ3) is 4.64. The van der Waals surface area contributed by atoms with Crippen LogP contribution in [-0.4, -0.2) is 49.6 Å². The van der Waals surface area contributed by atoms with Crippen LogP contribution in [0.25, 0.3) is 0 Å². The van der Waals surface area contributed by atoms with Gasteiger partial charge in [0.25, 0.3) is 0 Å². The fourth-order valence-corrected chi connectivity index (χ4v) is 2.44. The van der Waals surface area contributed by atoms with Crippen molar-refractivity contribution in [3.63, 3.8) is 0 Å². The van der Waals surface area contributed by atoms with Crippen molar-refractivity contribution >= 4 is 5.91 Å². The van der Waals surface area contributed by atoms with E-state index >= 15 is 0 Å². The highest BCUT2D eigenvalue weighted by Crippen LogP contribution is 2.18. The van der Waals surface area contributed by atoms with Crippen molar-refractivity contribution in [2.24, 2.45) is 5.92 Å². The maximum absolute atomic E-state index is 11.7. The maximum atomic E-state index is 11.7. The molecule has 17 heavy (non-hydrogen) atoms. The Balaban J connectivity index is 1.68. The van der Waals surface area contributed by atoms with Crippen LogP contribution in [0.3, 0.4) is 0 Å². The summed E-state index contributed by atoms with van der Waals surface area (Å²) in [5.41, 5.74) is 0. The van der Waals surface area contributed by atoms with Gasteiger partial charge in [-0.1, -0.05) is 6.92 Å². The second kappa shape index (κ2) is 6.36. The summed E-state index contributed by atoms with van der Waals surface area (Å²) in [7, 11) is 0. The summed E-state index contributed by atoms with van der Waals surface area (Å²) in [6, 6.07) is 0.486. The molecule has 1 saturated heterocycles. The number of carbonyl (C=O) groups is 1. The molecule has 1 aliphatic heterocycles. The molecule has 0 spiro atoms. The van der Waals surface area contributed by atoms with Gasteiger partial charge in [-0.3, -0.25) is 9.69 Å². The van der Waals surface area contributed by atoms with E-state index in [1.165, 1.54) is 25.7 Å². The normalized spacial score (nSPS) is 21.8. The van der Waals surface area contributed by atoms with Crippen LogP contribution < -0.4 is 10.6 Å². The number of carbonyl (C=O) groups excluding carboxylic acids is 1. The quantitative estimate of drug-likeness (QED) is 0.713. The highest BCUT2D eigenvalue weighted by molar-refractivity contribution is 5.78. The summed E-state index contributed by atoms with van der Waals surface area (Å²) >= 11 is 0. The Labute approximate surface area is 104 Å². The number of hydrogen-bond acceptors (Lipinski definition) is 3. The van der Waals surface area contributed by atoms with Gasteiger partial charge in [-0.05, 0) is 51.2 Å². The van der Waals surface area contributed by atoms with E-state index in [0.29, 0.717) is 12.6 Å². The number of piperidine rings is 1. The zero-order chi connectivity index (χ0) is 12.1. The molecule has 2 fully saturated rings. The molecule has 1 amide bonds. The smallest absolute Gasteiger partial charge is 0.234 e. The largest absolute Gasteiger partial charge is 0.352 e. The Morgan fingerprint density at radius 2 is 2.00 bits per heavy atom. The molecule has 4 nitrogen and oxygen atoms in total. The third-order valence-electron chi connectivity index (χ3n) is 3.73. The zero-order valence-electron chi connectivity index (χ0n) is 10.9. The molecule has 0 aromatic carbocycles. The third-order valence-corrected chi connectivity index (χ3v) is 3.73. The lowest BCUT2D eigenvalue weighted by atomic mass is 9.97. The predicted octanol–water partition coefficient (Wildman–Crippen LogP) is 0.587. The Morgan fingerprint density at radius 3 is 2.59 bits per heavy atom. The first-order valence-electron chi connectivity index (χ1n) is 7.00. The molecule has 0 unspecified atom stereocenters. The topological polar surface area (TPSA) is 44.4 Å². The van der Waals surface area contributed by atoms with Crippen LogP contribution in [0.5, 0.6) is 0 Å². The summed E-state index contributed by atoms with van der Waals surface area (Å²) in [5, 5.41) is 6.45. The van der Waals surface area contributed by atoms with E-state index in [4.69, 9.17) is 0 Å². The highest BCUT2D eigenvalue weighted by atomic mass is 16.2. The molecule has 0 bridgehead atoms. The fourth-order valence-electron chi connectivity index (χ4n) is 2.44. The maximum Gasteiger partial charge on any atom is 0.234 e. The van der Waals surface area contributed by atoms with E-state index in [1.54, 1.807) is 0 Å². The number of nitrogens with one attached hydrogen (secondary N) is 2.